The van der Waals surface area contributed by atoms with Crippen LogP contribution in [-0.2, 0) is 0 Å². The fraction of sp³-hybridized carbons (Fsp3) is 0.286. The zero-order chi connectivity index (χ0) is 7.82. The third-order valence-electron chi connectivity index (χ3n) is 0.706. The van der Waals surface area contributed by atoms with Gasteiger partial charge in [0.15, 0.2) is 0 Å². The maximum Gasteiger partial charge on any atom is 0.0344 e. The molecule has 0 saturated heterocycles. The molecule has 1 rings (SSSR count). The highest BCUT2D eigenvalue weighted by atomic mass is 14.7. The highest BCUT2D eigenvalue weighted by Crippen LogP contribution is 1.92. The summed E-state index contributed by atoms with van der Waals surface area (Å²) in [7, 11) is 3.75. The van der Waals surface area contributed by atoms with E-state index >= 15 is 0 Å². The van der Waals surface area contributed by atoms with Crippen molar-refractivity contribution in [3.63, 3.8) is 0 Å². The van der Waals surface area contributed by atoms with E-state index in [1.165, 1.54) is 0 Å². The summed E-state index contributed by atoms with van der Waals surface area (Å²) in [5.41, 5.74) is 6.08. The van der Waals surface area contributed by atoms with E-state index in [0.29, 0.717) is 0 Å². The van der Waals surface area contributed by atoms with Gasteiger partial charge >= 0.3 is 0 Å². The first kappa shape index (κ1) is 8.91. The molecule has 0 amide bonds. The largest absolute Gasteiger partial charge is 0.399 e. The molecule has 1 aromatic heterocycles. The number of rotatable bonds is 0. The van der Waals surface area contributed by atoms with E-state index in [1.807, 2.05) is 14.1 Å². The average Bonchev–Trinajstić information content (AvgIpc) is 1.91. The lowest BCUT2D eigenvalue weighted by atomic mass is 10.4. The second-order valence-electron chi connectivity index (χ2n) is 1.78. The highest BCUT2D eigenvalue weighted by Gasteiger charge is 1.73. The molecule has 1 heterocycles. The van der Waals surface area contributed by atoms with Gasteiger partial charge in [0.2, 0.25) is 0 Å². The molecular formula is C7H13N3. The third-order valence-corrected chi connectivity index (χ3v) is 0.706. The van der Waals surface area contributed by atoms with Crippen LogP contribution in [0.3, 0.4) is 0 Å². The Morgan fingerprint density at radius 1 is 1.30 bits per heavy atom. The maximum atomic E-state index is 5.32. The van der Waals surface area contributed by atoms with Crippen LogP contribution in [0.1, 0.15) is 0 Å². The van der Waals surface area contributed by atoms with Crippen molar-refractivity contribution in [2.45, 2.75) is 0 Å². The zero-order valence-electron chi connectivity index (χ0n) is 6.33. The third kappa shape index (κ3) is 5.05. The highest BCUT2D eigenvalue weighted by molar-refractivity contribution is 5.33. The number of hydrogen-bond donors (Lipinski definition) is 2. The zero-order valence-corrected chi connectivity index (χ0v) is 6.33. The number of nitrogen functional groups attached to an aromatic ring is 1. The van der Waals surface area contributed by atoms with Crippen molar-refractivity contribution in [1.82, 2.24) is 10.3 Å². The predicted molar refractivity (Wildman–Crippen MR) is 43.6 cm³/mol. The minimum Gasteiger partial charge on any atom is -0.399 e. The van der Waals surface area contributed by atoms with Crippen LogP contribution in [0.4, 0.5) is 5.69 Å². The Morgan fingerprint density at radius 3 is 1.90 bits per heavy atom. The summed E-state index contributed by atoms with van der Waals surface area (Å²) in [6.45, 7) is 0. The normalized spacial score (nSPS) is 7.80. The number of hydrogen-bond acceptors (Lipinski definition) is 3. The molecule has 0 bridgehead atoms. The number of pyridine rings is 1. The molecule has 56 valence electrons. The van der Waals surface area contributed by atoms with E-state index in [2.05, 4.69) is 10.3 Å². The van der Waals surface area contributed by atoms with Gasteiger partial charge in [0, 0.05) is 18.1 Å². The Kier molecular flexibility index (Phi) is 5.38. The number of nitrogens with two attached hydrogens (primary N) is 1. The SMILES string of the molecule is CNC.Nc1ccncc1. The standard InChI is InChI=1S/C5H6N2.C2H7N/c6-5-1-3-7-4-2-5;1-3-2/h1-4H,(H2,6,7);3H,1-2H3. The monoisotopic (exact) mass is 139 g/mol. The summed E-state index contributed by atoms with van der Waals surface area (Å²) in [6.07, 6.45) is 3.32. The topological polar surface area (TPSA) is 50.9 Å². The molecule has 0 unspecified atom stereocenters. The van der Waals surface area contributed by atoms with Gasteiger partial charge in [-0.3, -0.25) is 4.98 Å². The summed E-state index contributed by atoms with van der Waals surface area (Å²) in [4.78, 5) is 3.77. The molecule has 0 saturated carbocycles. The van der Waals surface area contributed by atoms with Gasteiger partial charge in [-0.05, 0) is 26.2 Å². The lowest BCUT2D eigenvalue weighted by Gasteiger charge is -1.83. The Morgan fingerprint density at radius 2 is 1.70 bits per heavy atom. The molecule has 0 aliphatic carbocycles. The molecule has 0 fully saturated rings. The summed E-state index contributed by atoms with van der Waals surface area (Å²) in [5.74, 6) is 0. The molecular weight excluding hydrogens is 126 g/mol. The van der Waals surface area contributed by atoms with Gasteiger partial charge in [-0.1, -0.05) is 0 Å². The maximum absolute atomic E-state index is 5.32. The fourth-order valence-electron chi connectivity index (χ4n) is 0.363. The van der Waals surface area contributed by atoms with Crippen molar-refractivity contribution in [3.05, 3.63) is 24.5 Å². The van der Waals surface area contributed by atoms with Gasteiger partial charge in [-0.2, -0.15) is 0 Å². The summed E-state index contributed by atoms with van der Waals surface area (Å²) in [6, 6.07) is 3.50. The molecule has 10 heavy (non-hydrogen) atoms. The summed E-state index contributed by atoms with van der Waals surface area (Å²) < 4.78 is 0. The van der Waals surface area contributed by atoms with Crippen LogP contribution in [-0.4, -0.2) is 19.1 Å². The van der Waals surface area contributed by atoms with Crippen LogP contribution >= 0.6 is 0 Å². The van der Waals surface area contributed by atoms with E-state index in [9.17, 15) is 0 Å². The van der Waals surface area contributed by atoms with E-state index in [0.717, 1.165) is 5.69 Å². The molecule has 3 N–H and O–H groups in total. The van der Waals surface area contributed by atoms with E-state index in [4.69, 9.17) is 5.73 Å². The lowest BCUT2D eigenvalue weighted by molar-refractivity contribution is 1.02. The Labute approximate surface area is 61.3 Å². The minimum atomic E-state index is 0.759. The average molecular weight is 139 g/mol. The van der Waals surface area contributed by atoms with E-state index in [-0.39, 0.29) is 0 Å². The van der Waals surface area contributed by atoms with Crippen LogP contribution in [0.25, 0.3) is 0 Å². The van der Waals surface area contributed by atoms with E-state index in [1.54, 1.807) is 24.5 Å². The van der Waals surface area contributed by atoms with Gasteiger partial charge in [0.25, 0.3) is 0 Å². The van der Waals surface area contributed by atoms with Crippen molar-refractivity contribution in [2.24, 2.45) is 0 Å². The van der Waals surface area contributed by atoms with Crippen LogP contribution in [0, 0.1) is 0 Å². The van der Waals surface area contributed by atoms with Gasteiger partial charge < -0.3 is 11.1 Å². The summed E-state index contributed by atoms with van der Waals surface area (Å²) in [5, 5.41) is 2.75. The molecule has 1 aromatic rings. The van der Waals surface area contributed by atoms with Gasteiger partial charge in [-0.25, -0.2) is 0 Å². The molecule has 0 radical (unpaired) electrons. The van der Waals surface area contributed by atoms with Crippen molar-refractivity contribution in [2.75, 3.05) is 19.8 Å². The molecule has 3 heteroatoms. The molecule has 0 aromatic carbocycles. The Bertz CT molecular complexity index is 150. The molecule has 0 atom stereocenters. The lowest BCUT2D eigenvalue weighted by Crippen LogP contribution is -1.89. The van der Waals surface area contributed by atoms with Crippen LogP contribution in [0.15, 0.2) is 24.5 Å². The second kappa shape index (κ2) is 6.04. The second-order valence-corrected chi connectivity index (χ2v) is 1.78. The number of aromatic nitrogens is 1. The van der Waals surface area contributed by atoms with Crippen LogP contribution in [0.5, 0.6) is 0 Å². The van der Waals surface area contributed by atoms with Crippen molar-refractivity contribution >= 4 is 5.69 Å². The molecule has 3 nitrogen and oxygen atoms in total. The number of nitrogens with zero attached hydrogens (tertiary/aromatic N) is 1. The number of anilines is 1. The first-order valence-corrected chi connectivity index (χ1v) is 3.05. The number of nitrogens with one attached hydrogen (secondary N) is 1. The quantitative estimate of drug-likeness (QED) is 0.550. The van der Waals surface area contributed by atoms with Crippen molar-refractivity contribution in [1.29, 1.82) is 0 Å². The minimum absolute atomic E-state index is 0.759. The first-order valence-electron chi connectivity index (χ1n) is 3.05. The molecule has 0 aliphatic heterocycles. The van der Waals surface area contributed by atoms with Gasteiger partial charge in [-0.15, -0.1) is 0 Å². The van der Waals surface area contributed by atoms with Gasteiger partial charge in [0.1, 0.15) is 0 Å². The Balaban J connectivity index is 0.000000236. The van der Waals surface area contributed by atoms with Crippen LogP contribution in [0.2, 0.25) is 0 Å². The van der Waals surface area contributed by atoms with Crippen molar-refractivity contribution in [3.8, 4) is 0 Å². The molecule has 0 aliphatic rings. The smallest absolute Gasteiger partial charge is 0.0344 e. The van der Waals surface area contributed by atoms with Crippen LogP contribution < -0.4 is 11.1 Å². The van der Waals surface area contributed by atoms with Gasteiger partial charge in [0.05, 0.1) is 0 Å². The Hall–Kier alpha value is -1.09. The van der Waals surface area contributed by atoms with E-state index < -0.39 is 0 Å². The summed E-state index contributed by atoms with van der Waals surface area (Å²) >= 11 is 0. The predicted octanol–water partition coefficient (Wildman–Crippen LogP) is 0.499. The fourth-order valence-corrected chi connectivity index (χ4v) is 0.363. The molecule has 0 spiro atoms. The van der Waals surface area contributed by atoms with Crippen molar-refractivity contribution < 1.29 is 0 Å². The first-order chi connectivity index (χ1) is 4.81.